The van der Waals surface area contributed by atoms with Crippen molar-refractivity contribution in [3.05, 3.63) is 256 Å². The summed E-state index contributed by atoms with van der Waals surface area (Å²) in [6, 6.07) is 70.3. The highest BCUT2D eigenvalue weighted by Crippen LogP contribution is 2.47. The summed E-state index contributed by atoms with van der Waals surface area (Å²) in [5.41, 5.74) is 23.3. The molecule has 0 bridgehead atoms. The number of nitrogens with zero attached hydrogens (tertiary/aromatic N) is 3. The van der Waals surface area contributed by atoms with Gasteiger partial charge in [0, 0.05) is 32.7 Å². The van der Waals surface area contributed by atoms with E-state index in [4.69, 9.17) is 4.98 Å². The molecule has 0 fully saturated rings. The van der Waals surface area contributed by atoms with Crippen molar-refractivity contribution in [2.75, 3.05) is 0 Å². The predicted octanol–water partition coefficient (Wildman–Crippen LogP) is 20.8. The van der Waals surface area contributed by atoms with Crippen LogP contribution in [0.15, 0.2) is 206 Å². The lowest BCUT2D eigenvalue weighted by Gasteiger charge is -2.22. The number of pyridine rings is 1. The van der Waals surface area contributed by atoms with Crippen LogP contribution in [0.5, 0.6) is 0 Å². The van der Waals surface area contributed by atoms with E-state index in [-0.39, 0.29) is 0 Å². The minimum atomic E-state index is -4.74. The molecule has 0 unspecified atom stereocenters. The molecule has 0 aliphatic rings. The Morgan fingerprint density at radius 3 is 0.912 bits per heavy atom. The lowest BCUT2D eigenvalue weighted by atomic mass is 9.97. The molecule has 3 nitrogen and oxygen atoms in total. The molecule has 13 aromatic rings. The van der Waals surface area contributed by atoms with Crippen molar-refractivity contribution >= 4 is 43.6 Å². The van der Waals surface area contributed by atoms with Crippen LogP contribution in [0, 0.1) is 55.4 Å². The molecule has 0 N–H and O–H groups in total. The lowest BCUT2D eigenvalue weighted by molar-refractivity contribution is -0.137. The van der Waals surface area contributed by atoms with Gasteiger partial charge in [-0.15, -0.1) is 0 Å². The monoisotopic (exact) mass is 1050 g/mol. The smallest absolute Gasteiger partial charge is 0.308 e. The van der Waals surface area contributed by atoms with Gasteiger partial charge in [0.1, 0.15) is 0 Å². The Balaban J connectivity index is 1.18. The fraction of sp³-hybridized carbons (Fsp3) is 0.122. The van der Waals surface area contributed by atoms with Crippen molar-refractivity contribution in [1.82, 2.24) is 14.1 Å². The van der Waals surface area contributed by atoms with Crippen LogP contribution in [0.1, 0.15) is 50.1 Å². The van der Waals surface area contributed by atoms with Crippen LogP contribution in [0.3, 0.4) is 0 Å². The van der Waals surface area contributed by atoms with E-state index in [2.05, 4.69) is 210 Å². The third kappa shape index (κ3) is 9.05. The van der Waals surface area contributed by atoms with E-state index >= 15 is 13.2 Å². The summed E-state index contributed by atoms with van der Waals surface area (Å²) in [4.78, 5) is 5.44. The van der Waals surface area contributed by atoms with Crippen LogP contribution < -0.4 is 0 Å². The van der Waals surface area contributed by atoms with Gasteiger partial charge in [-0.2, -0.15) is 13.2 Å². The minimum absolute atomic E-state index is 0.361. The number of hydrogen-bond acceptors (Lipinski definition) is 1. The molecule has 0 amide bonds. The molecule has 10 aromatic carbocycles. The molecular formula is C74H58F3N3. The Kier molecular flexibility index (Phi) is 12.1. The molecule has 3 heterocycles. The van der Waals surface area contributed by atoms with Crippen LogP contribution in [0.25, 0.3) is 122 Å². The first-order valence-electron chi connectivity index (χ1n) is 27.3. The van der Waals surface area contributed by atoms with Crippen LogP contribution in [-0.2, 0) is 6.18 Å². The van der Waals surface area contributed by atoms with Gasteiger partial charge in [0.05, 0.1) is 50.4 Å². The molecule has 0 atom stereocenters. The van der Waals surface area contributed by atoms with E-state index in [1.807, 2.05) is 48.5 Å². The minimum Gasteiger partial charge on any atom is -0.308 e. The summed E-state index contributed by atoms with van der Waals surface area (Å²) in [7, 11) is 0. The van der Waals surface area contributed by atoms with E-state index in [0.29, 0.717) is 28.3 Å². The summed E-state index contributed by atoms with van der Waals surface area (Å²) < 4.78 is 53.0. The molecule has 0 saturated carbocycles. The molecule has 0 saturated heterocycles. The van der Waals surface area contributed by atoms with Gasteiger partial charge >= 0.3 is 6.18 Å². The SMILES string of the molecule is Cc1cc(C)cc(-c2ccc3c(c2)c2cc(-c4cc(C)cc(C)c4)ccc2n3-c2cc(C(F)(F)F)cc(-n3c4ccc(-c5cc(C)cc(C)c5)cc4c4cc(-c5cc(C)cc(C)c5)ccc43)c2-c2cccc(-c3ccccc3)n2)c1. The quantitative estimate of drug-likeness (QED) is 0.149. The van der Waals surface area contributed by atoms with Crippen molar-refractivity contribution in [3.63, 3.8) is 0 Å². The van der Waals surface area contributed by atoms with Crippen LogP contribution in [0.2, 0.25) is 0 Å². The molecular weight excluding hydrogens is 988 g/mol. The summed E-state index contributed by atoms with van der Waals surface area (Å²) in [5.74, 6) is 0. The summed E-state index contributed by atoms with van der Waals surface area (Å²) >= 11 is 0. The maximum absolute atomic E-state index is 16.3. The van der Waals surface area contributed by atoms with E-state index in [0.717, 1.165) is 138 Å². The summed E-state index contributed by atoms with van der Waals surface area (Å²) in [5, 5.41) is 3.70. The highest BCUT2D eigenvalue weighted by atomic mass is 19.4. The van der Waals surface area contributed by atoms with Gasteiger partial charge in [0.25, 0.3) is 0 Å². The van der Waals surface area contributed by atoms with Gasteiger partial charge in [0.2, 0.25) is 0 Å². The maximum atomic E-state index is 16.3. The Bertz CT molecular complexity index is 4120. The van der Waals surface area contributed by atoms with Gasteiger partial charge in [-0.25, -0.2) is 4.98 Å². The third-order valence-electron chi connectivity index (χ3n) is 15.7. The maximum Gasteiger partial charge on any atom is 0.416 e. The van der Waals surface area contributed by atoms with Gasteiger partial charge < -0.3 is 9.13 Å². The molecule has 0 radical (unpaired) electrons. The van der Waals surface area contributed by atoms with Crippen LogP contribution in [0.4, 0.5) is 13.2 Å². The highest BCUT2D eigenvalue weighted by Gasteiger charge is 2.35. The molecule has 3 aromatic heterocycles. The zero-order valence-corrected chi connectivity index (χ0v) is 46.1. The number of alkyl halides is 3. The van der Waals surface area contributed by atoms with Gasteiger partial charge in [0.15, 0.2) is 0 Å². The second kappa shape index (κ2) is 19.3. The fourth-order valence-corrected chi connectivity index (χ4v) is 12.6. The zero-order valence-electron chi connectivity index (χ0n) is 46.1. The Morgan fingerprint density at radius 1 is 0.287 bits per heavy atom. The van der Waals surface area contributed by atoms with E-state index in [9.17, 15) is 0 Å². The Hall–Kier alpha value is -9.26. The largest absolute Gasteiger partial charge is 0.416 e. The summed E-state index contributed by atoms with van der Waals surface area (Å²) in [6.07, 6.45) is -4.74. The molecule has 0 aliphatic heterocycles. The van der Waals surface area contributed by atoms with Gasteiger partial charge in [-0.1, -0.05) is 178 Å². The number of benzene rings is 10. The molecule has 13 rings (SSSR count). The number of aryl methyl sites for hydroxylation is 8. The van der Waals surface area contributed by atoms with Crippen molar-refractivity contribution < 1.29 is 13.2 Å². The number of fused-ring (bicyclic) bond motifs is 6. The molecule has 80 heavy (non-hydrogen) atoms. The average molecular weight is 1050 g/mol. The van der Waals surface area contributed by atoms with Crippen molar-refractivity contribution in [1.29, 1.82) is 0 Å². The van der Waals surface area contributed by atoms with Gasteiger partial charge in [-0.05, 0) is 173 Å². The number of rotatable bonds is 8. The van der Waals surface area contributed by atoms with E-state index in [1.54, 1.807) is 0 Å². The number of hydrogen-bond donors (Lipinski definition) is 0. The number of halogens is 3. The Morgan fingerprint density at radius 2 is 0.600 bits per heavy atom. The average Bonchev–Trinajstić information content (AvgIpc) is 4.15. The highest BCUT2D eigenvalue weighted by molar-refractivity contribution is 6.14. The zero-order chi connectivity index (χ0) is 55.3. The van der Waals surface area contributed by atoms with Crippen molar-refractivity contribution in [3.8, 4) is 78.4 Å². The topological polar surface area (TPSA) is 22.8 Å². The predicted molar refractivity (Wildman–Crippen MR) is 328 cm³/mol. The summed E-state index contributed by atoms with van der Waals surface area (Å²) in [6.45, 7) is 16.9. The normalized spacial score (nSPS) is 11.9. The second-order valence-corrected chi connectivity index (χ2v) is 22.3. The first-order valence-corrected chi connectivity index (χ1v) is 27.3. The van der Waals surface area contributed by atoms with E-state index in [1.165, 1.54) is 12.1 Å². The molecule has 6 heteroatoms. The first kappa shape index (κ1) is 50.3. The van der Waals surface area contributed by atoms with Gasteiger partial charge in [-0.3, -0.25) is 0 Å². The third-order valence-corrected chi connectivity index (χ3v) is 15.7. The van der Waals surface area contributed by atoms with Crippen LogP contribution >= 0.6 is 0 Å². The molecule has 0 spiro atoms. The van der Waals surface area contributed by atoms with Crippen molar-refractivity contribution in [2.45, 2.75) is 61.6 Å². The Labute approximate surface area is 464 Å². The number of aromatic nitrogens is 3. The second-order valence-electron chi connectivity index (χ2n) is 22.3. The fourth-order valence-electron chi connectivity index (χ4n) is 12.6. The molecule has 0 aliphatic carbocycles. The van der Waals surface area contributed by atoms with Crippen molar-refractivity contribution in [2.24, 2.45) is 0 Å². The van der Waals surface area contributed by atoms with E-state index < -0.39 is 11.7 Å². The first-order chi connectivity index (χ1) is 38.5. The van der Waals surface area contributed by atoms with Crippen LogP contribution in [-0.4, -0.2) is 14.1 Å². The molecule has 390 valence electrons. The lowest BCUT2D eigenvalue weighted by Crippen LogP contribution is -2.11. The standard InChI is InChI=1S/C74H58F3N3/c1-43-25-44(2)30-56(29-43)52-17-21-67-61(37-52)62-38-53(57-31-45(3)26-46(4)32-57)18-22-68(62)79(67)71-41-60(74(75,76)77)42-72(73(71)66-16-12-15-65(78-66)51-13-10-9-11-14-51)80-69-23-19-54(58-33-47(5)27-48(6)34-58)39-63(69)64-40-55(20-24-70(64)80)59-35-49(7)28-50(8)36-59/h9-42H,1-8H3.